The Hall–Kier alpha value is -1.55. The van der Waals surface area contributed by atoms with Crippen LogP contribution in [0.4, 0.5) is 10.5 Å². The lowest BCUT2D eigenvalue weighted by Crippen LogP contribution is -2.39. The molecule has 0 bridgehead atoms. The maximum atomic E-state index is 11.8. The first kappa shape index (κ1) is 27.5. The number of likely N-dealkylation sites (tertiary alicyclic amines) is 1. The van der Waals surface area contributed by atoms with Crippen molar-refractivity contribution >= 4 is 41.7 Å². The maximum absolute atomic E-state index is 11.8. The quantitative estimate of drug-likeness (QED) is 0.274. The molecule has 8 heteroatoms. The lowest BCUT2D eigenvalue weighted by Gasteiger charge is -2.29. The van der Waals surface area contributed by atoms with Crippen molar-refractivity contribution in [3.05, 3.63) is 29.8 Å². The molecule has 1 aliphatic rings. The zero-order chi connectivity index (χ0) is 22.0. The zero-order valence-electron chi connectivity index (χ0n) is 19.7. The van der Waals surface area contributed by atoms with E-state index in [1.165, 1.54) is 37.9 Å². The van der Waals surface area contributed by atoms with Crippen LogP contribution in [-0.4, -0.2) is 62.8 Å². The average Bonchev–Trinajstić information content (AvgIpc) is 2.68. The Morgan fingerprint density at radius 2 is 1.74 bits per heavy atom. The number of guanidine groups is 1. The topological polar surface area (TPSA) is 78.0 Å². The van der Waals surface area contributed by atoms with Crippen LogP contribution in [0.1, 0.15) is 45.6 Å². The van der Waals surface area contributed by atoms with Gasteiger partial charge in [-0.1, -0.05) is 12.1 Å². The first-order valence-corrected chi connectivity index (χ1v) is 11.0. The summed E-state index contributed by atoms with van der Waals surface area (Å²) in [6.45, 7) is 9.72. The summed E-state index contributed by atoms with van der Waals surface area (Å²) >= 11 is 0. The van der Waals surface area contributed by atoms with Gasteiger partial charge in [0.05, 0.1) is 0 Å². The van der Waals surface area contributed by atoms with Crippen molar-refractivity contribution in [2.24, 2.45) is 10.9 Å². The minimum absolute atomic E-state index is 0. The van der Waals surface area contributed by atoms with E-state index in [9.17, 15) is 4.79 Å². The normalized spacial score (nSPS) is 15.7. The average molecular weight is 546 g/mol. The van der Waals surface area contributed by atoms with Gasteiger partial charge in [0, 0.05) is 25.8 Å². The van der Waals surface area contributed by atoms with Gasteiger partial charge in [-0.15, -0.1) is 24.0 Å². The van der Waals surface area contributed by atoms with E-state index in [1.807, 2.05) is 52.1 Å². The second-order valence-corrected chi connectivity index (χ2v) is 9.03. The van der Waals surface area contributed by atoms with Gasteiger partial charge in [0.25, 0.3) is 0 Å². The van der Waals surface area contributed by atoms with Crippen molar-refractivity contribution in [2.75, 3.05) is 45.6 Å². The molecule has 0 atom stereocenters. The highest BCUT2D eigenvalue weighted by molar-refractivity contribution is 14.0. The number of aliphatic imine (C=N–C) groups is 1. The van der Waals surface area contributed by atoms with Crippen molar-refractivity contribution in [3.8, 4) is 0 Å². The maximum Gasteiger partial charge on any atom is 0.412 e. The van der Waals surface area contributed by atoms with E-state index >= 15 is 0 Å². The van der Waals surface area contributed by atoms with Gasteiger partial charge in [-0.2, -0.15) is 0 Å². The minimum atomic E-state index is -0.505. The SMILES string of the molecule is CN=C(NCCc1ccc(NC(=O)OC(C)(C)C)cc1)NCCC1CCN(C)CC1.I. The number of carbonyl (C=O) groups is 1. The molecule has 1 aromatic carbocycles. The molecule has 1 fully saturated rings. The van der Waals surface area contributed by atoms with E-state index in [-0.39, 0.29) is 24.0 Å². The summed E-state index contributed by atoms with van der Waals surface area (Å²) in [4.78, 5) is 18.6. The predicted octanol–water partition coefficient (Wildman–Crippen LogP) is 4.09. The number of rotatable bonds is 7. The fraction of sp³-hybridized carbons (Fsp3) is 0.652. The van der Waals surface area contributed by atoms with Crippen molar-refractivity contribution in [3.63, 3.8) is 0 Å². The molecule has 0 aromatic heterocycles. The van der Waals surface area contributed by atoms with Crippen molar-refractivity contribution in [2.45, 2.75) is 52.1 Å². The lowest BCUT2D eigenvalue weighted by atomic mass is 9.94. The van der Waals surface area contributed by atoms with Gasteiger partial charge >= 0.3 is 6.09 Å². The van der Waals surface area contributed by atoms with Crippen LogP contribution < -0.4 is 16.0 Å². The van der Waals surface area contributed by atoms with Gasteiger partial charge < -0.3 is 20.3 Å². The summed E-state index contributed by atoms with van der Waals surface area (Å²) in [5.74, 6) is 1.67. The van der Waals surface area contributed by atoms with Crippen LogP contribution >= 0.6 is 24.0 Å². The highest BCUT2D eigenvalue weighted by Gasteiger charge is 2.17. The van der Waals surface area contributed by atoms with Crippen LogP contribution in [0.2, 0.25) is 0 Å². The number of hydrogen-bond acceptors (Lipinski definition) is 4. The van der Waals surface area contributed by atoms with Crippen LogP contribution in [0.3, 0.4) is 0 Å². The lowest BCUT2D eigenvalue weighted by molar-refractivity contribution is 0.0636. The first-order valence-electron chi connectivity index (χ1n) is 11.0. The van der Waals surface area contributed by atoms with Gasteiger partial charge in [-0.05, 0) is 90.2 Å². The Morgan fingerprint density at radius 3 is 2.32 bits per heavy atom. The Morgan fingerprint density at radius 1 is 1.13 bits per heavy atom. The van der Waals surface area contributed by atoms with E-state index in [4.69, 9.17) is 4.74 Å². The summed E-state index contributed by atoms with van der Waals surface area (Å²) in [6, 6.07) is 7.83. The molecule has 0 aliphatic carbocycles. The standard InChI is InChI=1S/C23H39N5O2.HI/c1-23(2,3)30-22(29)27-20-8-6-18(7-9-20)10-14-25-21(24-4)26-15-11-19-12-16-28(5)17-13-19;/h6-9,19H,10-17H2,1-5H3,(H,27,29)(H2,24,25,26);1H. The van der Waals surface area contributed by atoms with Gasteiger partial charge in [0.1, 0.15) is 5.60 Å². The molecule has 1 amide bonds. The summed E-state index contributed by atoms with van der Waals surface area (Å²) in [5, 5.41) is 9.56. The third-order valence-electron chi connectivity index (χ3n) is 5.21. The van der Waals surface area contributed by atoms with Crippen LogP contribution in [0.15, 0.2) is 29.3 Å². The monoisotopic (exact) mass is 545 g/mol. The number of anilines is 1. The molecular formula is C23H40IN5O2. The Labute approximate surface area is 204 Å². The summed E-state index contributed by atoms with van der Waals surface area (Å²) < 4.78 is 5.27. The van der Waals surface area contributed by atoms with Gasteiger partial charge in [-0.25, -0.2) is 4.79 Å². The number of hydrogen-bond donors (Lipinski definition) is 3. The van der Waals surface area contributed by atoms with E-state index < -0.39 is 11.7 Å². The number of ether oxygens (including phenoxy) is 1. The van der Waals surface area contributed by atoms with Gasteiger partial charge in [-0.3, -0.25) is 10.3 Å². The molecule has 0 saturated carbocycles. The molecule has 7 nitrogen and oxygen atoms in total. The third-order valence-corrected chi connectivity index (χ3v) is 5.21. The molecule has 1 saturated heterocycles. The molecule has 0 unspecified atom stereocenters. The Kier molecular flexibility index (Phi) is 12.2. The van der Waals surface area contributed by atoms with E-state index in [0.717, 1.165) is 37.1 Å². The van der Waals surface area contributed by atoms with E-state index in [1.54, 1.807) is 0 Å². The molecule has 0 radical (unpaired) electrons. The first-order chi connectivity index (χ1) is 14.2. The van der Waals surface area contributed by atoms with Crippen LogP contribution in [0, 0.1) is 5.92 Å². The number of nitrogens with one attached hydrogen (secondary N) is 3. The minimum Gasteiger partial charge on any atom is -0.444 e. The molecule has 1 heterocycles. The van der Waals surface area contributed by atoms with E-state index in [0.29, 0.717) is 0 Å². The summed E-state index contributed by atoms with van der Waals surface area (Å²) in [6.07, 6.45) is 4.22. The fourth-order valence-corrected chi connectivity index (χ4v) is 3.47. The van der Waals surface area contributed by atoms with Crippen LogP contribution in [-0.2, 0) is 11.2 Å². The Balaban J connectivity index is 0.00000480. The Bertz CT molecular complexity index is 680. The fourth-order valence-electron chi connectivity index (χ4n) is 3.47. The van der Waals surface area contributed by atoms with Crippen molar-refractivity contribution in [1.82, 2.24) is 15.5 Å². The van der Waals surface area contributed by atoms with Crippen LogP contribution in [0.5, 0.6) is 0 Å². The molecule has 0 spiro atoms. The highest BCUT2D eigenvalue weighted by Crippen LogP contribution is 2.18. The van der Waals surface area contributed by atoms with Gasteiger partial charge in [0.15, 0.2) is 5.96 Å². The molecule has 1 aliphatic heterocycles. The molecule has 3 N–H and O–H groups in total. The number of benzene rings is 1. The predicted molar refractivity (Wildman–Crippen MR) is 140 cm³/mol. The number of carbonyl (C=O) groups excluding carboxylic acids is 1. The van der Waals surface area contributed by atoms with Crippen molar-refractivity contribution in [1.29, 1.82) is 0 Å². The molecule has 31 heavy (non-hydrogen) atoms. The second-order valence-electron chi connectivity index (χ2n) is 9.03. The van der Waals surface area contributed by atoms with E-state index in [2.05, 4.69) is 32.9 Å². The van der Waals surface area contributed by atoms with Crippen LogP contribution in [0.25, 0.3) is 0 Å². The number of nitrogens with zero attached hydrogens (tertiary/aromatic N) is 2. The largest absolute Gasteiger partial charge is 0.444 e. The molecule has 2 rings (SSSR count). The number of amides is 1. The van der Waals surface area contributed by atoms with Crippen molar-refractivity contribution < 1.29 is 9.53 Å². The smallest absolute Gasteiger partial charge is 0.412 e. The highest BCUT2D eigenvalue weighted by atomic mass is 127. The summed E-state index contributed by atoms with van der Waals surface area (Å²) in [5.41, 5.74) is 1.42. The zero-order valence-corrected chi connectivity index (χ0v) is 22.0. The molecule has 176 valence electrons. The molecule has 1 aromatic rings. The number of halogens is 1. The molecular weight excluding hydrogens is 505 g/mol. The number of piperidine rings is 1. The third kappa shape index (κ3) is 11.6. The second kappa shape index (κ2) is 13.8. The summed E-state index contributed by atoms with van der Waals surface area (Å²) in [7, 11) is 4.01. The van der Waals surface area contributed by atoms with Gasteiger partial charge in [0.2, 0.25) is 0 Å².